The van der Waals surface area contributed by atoms with Gasteiger partial charge >= 0.3 is 0 Å². The molecule has 0 spiro atoms. The lowest BCUT2D eigenvalue weighted by Crippen LogP contribution is -2.36. The molecular weight excluding hydrogens is 290 g/mol. The Bertz CT molecular complexity index is 631. The molecule has 0 aliphatic heterocycles. The van der Waals surface area contributed by atoms with E-state index in [1.54, 1.807) is 11.8 Å². The van der Waals surface area contributed by atoms with Crippen LogP contribution in [0.2, 0.25) is 0 Å². The summed E-state index contributed by atoms with van der Waals surface area (Å²) in [6.45, 7) is 6.43. The first kappa shape index (κ1) is 16.6. The molecule has 0 heterocycles. The van der Waals surface area contributed by atoms with Crippen molar-refractivity contribution < 1.29 is 4.79 Å². The zero-order valence-electron chi connectivity index (χ0n) is 13.6. The van der Waals surface area contributed by atoms with Crippen LogP contribution in [-0.4, -0.2) is 12.2 Å². The van der Waals surface area contributed by atoms with E-state index in [1.807, 2.05) is 48.7 Å². The van der Waals surface area contributed by atoms with Crippen LogP contribution < -0.4 is 5.32 Å². The van der Waals surface area contributed by atoms with Crippen LogP contribution in [0.25, 0.3) is 0 Å². The number of hydrogen-bond acceptors (Lipinski definition) is 2. The van der Waals surface area contributed by atoms with Gasteiger partial charge in [-0.15, -0.1) is 11.8 Å². The van der Waals surface area contributed by atoms with Crippen molar-refractivity contribution >= 4 is 17.7 Å². The molecule has 1 amide bonds. The summed E-state index contributed by atoms with van der Waals surface area (Å²) in [6, 6.07) is 17.8. The third-order valence-electron chi connectivity index (χ3n) is 3.63. The van der Waals surface area contributed by atoms with E-state index in [4.69, 9.17) is 0 Å². The van der Waals surface area contributed by atoms with Gasteiger partial charge in [0, 0.05) is 4.90 Å². The summed E-state index contributed by atoms with van der Waals surface area (Å²) in [4.78, 5) is 13.7. The van der Waals surface area contributed by atoms with E-state index in [-0.39, 0.29) is 17.4 Å². The Kier molecular flexibility index (Phi) is 5.30. The van der Waals surface area contributed by atoms with E-state index in [9.17, 15) is 4.79 Å². The summed E-state index contributed by atoms with van der Waals surface area (Å²) in [5, 5.41) is 3.21. The second kappa shape index (κ2) is 7.01. The average molecular weight is 313 g/mol. The maximum atomic E-state index is 12.7. The van der Waals surface area contributed by atoms with E-state index in [0.717, 1.165) is 16.0 Å². The quantitative estimate of drug-likeness (QED) is 0.811. The van der Waals surface area contributed by atoms with E-state index in [2.05, 4.69) is 38.2 Å². The molecule has 0 fully saturated rings. The molecule has 1 N–H and O–H groups in total. The number of hydrogen-bond donors (Lipinski definition) is 1. The van der Waals surface area contributed by atoms with Crippen LogP contribution in [0.5, 0.6) is 0 Å². The van der Waals surface area contributed by atoms with Gasteiger partial charge in [0.1, 0.15) is 0 Å². The van der Waals surface area contributed by atoms with Crippen molar-refractivity contribution in [2.75, 3.05) is 6.26 Å². The first-order chi connectivity index (χ1) is 10.4. The Balaban J connectivity index is 2.30. The summed E-state index contributed by atoms with van der Waals surface area (Å²) in [5.41, 5.74) is 1.80. The van der Waals surface area contributed by atoms with Gasteiger partial charge in [-0.05, 0) is 29.4 Å². The van der Waals surface area contributed by atoms with Gasteiger partial charge < -0.3 is 5.32 Å². The number of nitrogens with one attached hydrogen (secondary N) is 1. The molecular formula is C19H23NOS. The highest BCUT2D eigenvalue weighted by Gasteiger charge is 2.28. The van der Waals surface area contributed by atoms with Gasteiger partial charge in [-0.3, -0.25) is 4.79 Å². The number of rotatable bonds is 4. The summed E-state index contributed by atoms with van der Waals surface area (Å²) in [6.07, 6.45) is 1.99. The van der Waals surface area contributed by atoms with Crippen LogP contribution in [0, 0.1) is 5.41 Å². The molecule has 0 bridgehead atoms. The highest BCUT2D eigenvalue weighted by molar-refractivity contribution is 7.98. The molecule has 0 saturated heterocycles. The topological polar surface area (TPSA) is 29.1 Å². The van der Waals surface area contributed by atoms with Crippen molar-refractivity contribution in [2.45, 2.75) is 31.7 Å². The Morgan fingerprint density at radius 3 is 2.18 bits per heavy atom. The molecule has 2 rings (SSSR count). The third-order valence-corrected chi connectivity index (χ3v) is 4.42. The summed E-state index contributed by atoms with van der Waals surface area (Å²) in [7, 11) is 0. The lowest BCUT2D eigenvalue weighted by atomic mass is 9.82. The van der Waals surface area contributed by atoms with Crippen LogP contribution in [0.15, 0.2) is 59.5 Å². The van der Waals surface area contributed by atoms with Crippen LogP contribution in [0.4, 0.5) is 0 Å². The molecule has 2 nitrogen and oxygen atoms in total. The summed E-state index contributed by atoms with van der Waals surface area (Å²) >= 11 is 1.59. The zero-order chi connectivity index (χ0) is 16.2. The largest absolute Gasteiger partial charge is 0.345 e. The minimum Gasteiger partial charge on any atom is -0.345 e. The number of carbonyl (C=O) groups is 1. The molecule has 3 heteroatoms. The lowest BCUT2D eigenvalue weighted by molar-refractivity contribution is 0.0898. The number of carbonyl (C=O) groups excluding carboxylic acids is 1. The Morgan fingerprint density at radius 1 is 1.00 bits per heavy atom. The molecule has 2 aromatic carbocycles. The van der Waals surface area contributed by atoms with Gasteiger partial charge in [0.05, 0.1) is 11.6 Å². The minimum atomic E-state index is -0.0642. The maximum Gasteiger partial charge on any atom is 0.252 e. The van der Waals surface area contributed by atoms with Crippen molar-refractivity contribution in [3.63, 3.8) is 0 Å². The molecule has 2 aromatic rings. The fourth-order valence-corrected chi connectivity index (χ4v) is 3.08. The maximum absolute atomic E-state index is 12.7. The second-order valence-corrected chi connectivity index (χ2v) is 7.23. The fourth-order valence-electron chi connectivity index (χ4n) is 2.49. The Hall–Kier alpha value is -1.74. The van der Waals surface area contributed by atoms with Crippen LogP contribution in [0.1, 0.15) is 42.7 Å². The van der Waals surface area contributed by atoms with Gasteiger partial charge in [-0.25, -0.2) is 0 Å². The van der Waals surface area contributed by atoms with Crippen LogP contribution >= 0.6 is 11.8 Å². The molecule has 0 saturated carbocycles. The average Bonchev–Trinajstić information content (AvgIpc) is 2.52. The summed E-state index contributed by atoms with van der Waals surface area (Å²) in [5.74, 6) is -0.0197. The molecule has 0 aliphatic rings. The molecule has 0 radical (unpaired) electrons. The summed E-state index contributed by atoms with van der Waals surface area (Å²) < 4.78 is 0. The van der Waals surface area contributed by atoms with Crippen molar-refractivity contribution in [1.29, 1.82) is 0 Å². The predicted octanol–water partition coefficient (Wildman–Crippen LogP) is 4.93. The minimum absolute atomic E-state index is 0.0197. The van der Waals surface area contributed by atoms with E-state index in [1.165, 1.54) is 0 Å². The first-order valence-electron chi connectivity index (χ1n) is 7.42. The number of benzene rings is 2. The van der Waals surface area contributed by atoms with Crippen LogP contribution in [-0.2, 0) is 0 Å². The van der Waals surface area contributed by atoms with Crippen molar-refractivity contribution in [3.8, 4) is 0 Å². The smallest absolute Gasteiger partial charge is 0.252 e. The molecule has 22 heavy (non-hydrogen) atoms. The third kappa shape index (κ3) is 3.92. The highest BCUT2D eigenvalue weighted by Crippen LogP contribution is 2.33. The zero-order valence-corrected chi connectivity index (χ0v) is 14.4. The first-order valence-corrected chi connectivity index (χ1v) is 8.65. The highest BCUT2D eigenvalue weighted by atomic mass is 32.2. The Morgan fingerprint density at radius 2 is 1.59 bits per heavy atom. The van der Waals surface area contributed by atoms with Crippen molar-refractivity contribution in [3.05, 3.63) is 65.7 Å². The monoisotopic (exact) mass is 313 g/mol. The molecule has 1 unspecified atom stereocenters. The molecule has 0 aliphatic carbocycles. The fraction of sp³-hybridized carbons (Fsp3) is 0.316. The predicted molar refractivity (Wildman–Crippen MR) is 94.3 cm³/mol. The van der Waals surface area contributed by atoms with Crippen LogP contribution in [0.3, 0.4) is 0 Å². The molecule has 0 aromatic heterocycles. The van der Waals surface area contributed by atoms with E-state index < -0.39 is 0 Å². The normalized spacial score (nSPS) is 12.7. The lowest BCUT2D eigenvalue weighted by Gasteiger charge is -2.32. The van der Waals surface area contributed by atoms with Gasteiger partial charge in [0.2, 0.25) is 0 Å². The van der Waals surface area contributed by atoms with E-state index >= 15 is 0 Å². The number of amides is 1. The van der Waals surface area contributed by atoms with Gasteiger partial charge in [0.25, 0.3) is 5.91 Å². The SMILES string of the molecule is CSc1ccccc1C(=O)NC(c1ccccc1)C(C)(C)C. The van der Waals surface area contributed by atoms with Gasteiger partial charge in [0.15, 0.2) is 0 Å². The van der Waals surface area contributed by atoms with Gasteiger partial charge in [-0.2, -0.15) is 0 Å². The molecule has 1 atom stereocenters. The van der Waals surface area contributed by atoms with Gasteiger partial charge in [-0.1, -0.05) is 63.2 Å². The van der Waals surface area contributed by atoms with E-state index in [0.29, 0.717) is 0 Å². The Labute approximate surface area is 137 Å². The van der Waals surface area contributed by atoms with Crippen molar-refractivity contribution in [1.82, 2.24) is 5.32 Å². The number of thioether (sulfide) groups is 1. The van der Waals surface area contributed by atoms with Crippen molar-refractivity contribution in [2.24, 2.45) is 5.41 Å². The standard InChI is InChI=1S/C19H23NOS/c1-19(2,3)17(14-10-6-5-7-11-14)20-18(21)15-12-8-9-13-16(15)22-4/h5-13,17H,1-4H3,(H,20,21). The second-order valence-electron chi connectivity index (χ2n) is 6.38. The molecule has 116 valence electrons.